The number of aliphatic hydroxyl groups is 1. The molecule has 18 heavy (non-hydrogen) atoms. The van der Waals surface area contributed by atoms with Crippen LogP contribution in [-0.2, 0) is 10.0 Å². The van der Waals surface area contributed by atoms with Gasteiger partial charge in [0.15, 0.2) is 0 Å². The van der Waals surface area contributed by atoms with Crippen molar-refractivity contribution in [2.24, 2.45) is 0 Å². The molecule has 102 valence electrons. The normalized spacial score (nSPS) is 13.6. The summed E-state index contributed by atoms with van der Waals surface area (Å²) in [5.41, 5.74) is 6.27. The number of hydrogen-bond donors (Lipinski definition) is 3. The minimum atomic E-state index is -3.97. The van der Waals surface area contributed by atoms with Crippen molar-refractivity contribution < 1.29 is 17.9 Å². The summed E-state index contributed by atoms with van der Waals surface area (Å²) in [5.74, 6) is -0.842. The van der Waals surface area contributed by atoms with Crippen molar-refractivity contribution in [3.8, 4) is 0 Å². The second kappa shape index (κ2) is 5.64. The average molecular weight is 276 g/mol. The standard InChI is InChI=1S/C11H17FN2O3S/c1-7-5-9(12)11(6-10(7)13)18(16,17)14-8(2)3-4-15/h5-6,8,14-15H,3-4,13H2,1-2H3. The van der Waals surface area contributed by atoms with Crippen molar-refractivity contribution in [3.63, 3.8) is 0 Å². The zero-order chi connectivity index (χ0) is 13.9. The summed E-state index contributed by atoms with van der Waals surface area (Å²) in [6, 6.07) is 1.70. The van der Waals surface area contributed by atoms with Crippen molar-refractivity contribution in [2.45, 2.75) is 31.2 Å². The van der Waals surface area contributed by atoms with Gasteiger partial charge in [0, 0.05) is 18.3 Å². The van der Waals surface area contributed by atoms with Crippen molar-refractivity contribution in [3.05, 3.63) is 23.5 Å². The molecule has 1 aromatic carbocycles. The maximum atomic E-state index is 13.6. The lowest BCUT2D eigenvalue weighted by Gasteiger charge is -2.14. The molecule has 0 fully saturated rings. The Morgan fingerprint density at radius 1 is 1.50 bits per heavy atom. The molecule has 7 heteroatoms. The highest BCUT2D eigenvalue weighted by Gasteiger charge is 2.22. The maximum absolute atomic E-state index is 13.6. The van der Waals surface area contributed by atoms with Crippen LogP contribution in [-0.4, -0.2) is 26.2 Å². The topological polar surface area (TPSA) is 92.4 Å². The molecule has 1 atom stereocenters. The van der Waals surface area contributed by atoms with E-state index in [4.69, 9.17) is 10.8 Å². The third-order valence-corrected chi connectivity index (χ3v) is 4.13. The number of nitrogens with two attached hydrogens (primary N) is 1. The predicted molar refractivity (Wildman–Crippen MR) is 67.0 cm³/mol. The van der Waals surface area contributed by atoms with Crippen LogP contribution in [0.4, 0.5) is 10.1 Å². The summed E-state index contributed by atoms with van der Waals surface area (Å²) >= 11 is 0. The van der Waals surface area contributed by atoms with Crippen LogP contribution < -0.4 is 10.5 Å². The van der Waals surface area contributed by atoms with E-state index in [0.717, 1.165) is 12.1 Å². The number of nitrogen functional groups attached to an aromatic ring is 1. The zero-order valence-corrected chi connectivity index (χ0v) is 11.1. The first-order chi connectivity index (χ1) is 8.27. The van der Waals surface area contributed by atoms with Gasteiger partial charge in [-0.05, 0) is 38.0 Å². The molecule has 1 aromatic rings. The van der Waals surface area contributed by atoms with Crippen LogP contribution in [0.1, 0.15) is 18.9 Å². The fourth-order valence-electron chi connectivity index (χ4n) is 1.46. The average Bonchev–Trinajstić information content (AvgIpc) is 2.22. The van der Waals surface area contributed by atoms with Gasteiger partial charge in [-0.3, -0.25) is 0 Å². The maximum Gasteiger partial charge on any atom is 0.243 e. The van der Waals surface area contributed by atoms with Crippen LogP contribution in [0.5, 0.6) is 0 Å². The molecule has 0 bridgehead atoms. The molecular weight excluding hydrogens is 259 g/mol. The van der Waals surface area contributed by atoms with Gasteiger partial charge < -0.3 is 10.8 Å². The minimum Gasteiger partial charge on any atom is -0.398 e. The Labute approximate surface area is 106 Å². The molecule has 0 saturated heterocycles. The Hall–Kier alpha value is -1.18. The van der Waals surface area contributed by atoms with Crippen molar-refractivity contribution in [2.75, 3.05) is 12.3 Å². The van der Waals surface area contributed by atoms with Gasteiger partial charge in [0.2, 0.25) is 10.0 Å². The van der Waals surface area contributed by atoms with Gasteiger partial charge in [-0.1, -0.05) is 0 Å². The molecule has 4 N–H and O–H groups in total. The van der Waals surface area contributed by atoms with Gasteiger partial charge in [-0.15, -0.1) is 0 Å². The van der Waals surface area contributed by atoms with Crippen LogP contribution in [0, 0.1) is 12.7 Å². The van der Waals surface area contributed by atoms with Gasteiger partial charge in [0.25, 0.3) is 0 Å². The third kappa shape index (κ3) is 3.41. The number of benzene rings is 1. The lowest BCUT2D eigenvalue weighted by molar-refractivity contribution is 0.275. The lowest BCUT2D eigenvalue weighted by atomic mass is 10.2. The first-order valence-electron chi connectivity index (χ1n) is 5.46. The molecule has 0 aromatic heterocycles. The zero-order valence-electron chi connectivity index (χ0n) is 10.3. The summed E-state index contributed by atoms with van der Waals surface area (Å²) in [4.78, 5) is -0.476. The lowest BCUT2D eigenvalue weighted by Crippen LogP contribution is -2.33. The van der Waals surface area contributed by atoms with E-state index < -0.39 is 26.8 Å². The second-order valence-corrected chi connectivity index (χ2v) is 5.86. The number of anilines is 1. The summed E-state index contributed by atoms with van der Waals surface area (Å²) in [7, 11) is -3.97. The number of sulfonamides is 1. The number of rotatable bonds is 5. The fourth-order valence-corrected chi connectivity index (χ4v) is 2.83. The van der Waals surface area contributed by atoms with E-state index >= 15 is 0 Å². The van der Waals surface area contributed by atoms with E-state index in [9.17, 15) is 12.8 Å². The molecular formula is C11H17FN2O3S. The Balaban J connectivity index is 3.09. The molecule has 0 heterocycles. The summed E-state index contributed by atoms with van der Waals surface area (Å²) in [6.45, 7) is 3.03. The van der Waals surface area contributed by atoms with Crippen LogP contribution in [0.2, 0.25) is 0 Å². The largest absolute Gasteiger partial charge is 0.398 e. The number of halogens is 1. The molecule has 0 aliphatic carbocycles. The monoisotopic (exact) mass is 276 g/mol. The van der Waals surface area contributed by atoms with E-state index in [1.54, 1.807) is 13.8 Å². The Morgan fingerprint density at radius 2 is 2.11 bits per heavy atom. The van der Waals surface area contributed by atoms with Gasteiger partial charge in [0.1, 0.15) is 10.7 Å². The van der Waals surface area contributed by atoms with Crippen LogP contribution >= 0.6 is 0 Å². The third-order valence-electron chi connectivity index (χ3n) is 2.53. The Morgan fingerprint density at radius 3 is 2.67 bits per heavy atom. The van der Waals surface area contributed by atoms with E-state index in [1.807, 2.05) is 0 Å². The molecule has 5 nitrogen and oxygen atoms in total. The van der Waals surface area contributed by atoms with E-state index in [1.165, 1.54) is 0 Å². The van der Waals surface area contributed by atoms with Crippen LogP contribution in [0.15, 0.2) is 17.0 Å². The second-order valence-electron chi connectivity index (χ2n) is 4.17. The molecule has 0 aliphatic heterocycles. The highest BCUT2D eigenvalue weighted by atomic mass is 32.2. The van der Waals surface area contributed by atoms with Crippen LogP contribution in [0.25, 0.3) is 0 Å². The van der Waals surface area contributed by atoms with Gasteiger partial charge >= 0.3 is 0 Å². The highest BCUT2D eigenvalue weighted by Crippen LogP contribution is 2.21. The van der Waals surface area contributed by atoms with Crippen molar-refractivity contribution >= 4 is 15.7 Å². The molecule has 1 rings (SSSR count). The molecule has 0 aliphatic rings. The van der Waals surface area contributed by atoms with Crippen molar-refractivity contribution in [1.82, 2.24) is 4.72 Å². The Bertz CT molecular complexity index is 531. The van der Waals surface area contributed by atoms with Gasteiger partial charge in [-0.2, -0.15) is 0 Å². The molecule has 0 radical (unpaired) electrons. The van der Waals surface area contributed by atoms with Crippen molar-refractivity contribution in [1.29, 1.82) is 0 Å². The van der Waals surface area contributed by atoms with Crippen LogP contribution in [0.3, 0.4) is 0 Å². The molecule has 0 spiro atoms. The molecule has 0 amide bonds. The summed E-state index contributed by atoms with van der Waals surface area (Å²) in [6.07, 6.45) is 0.252. The number of aliphatic hydroxyl groups excluding tert-OH is 1. The highest BCUT2D eigenvalue weighted by molar-refractivity contribution is 7.89. The SMILES string of the molecule is Cc1cc(F)c(S(=O)(=O)NC(C)CCO)cc1N. The van der Waals surface area contributed by atoms with Gasteiger partial charge in [0.05, 0.1) is 0 Å². The first kappa shape index (κ1) is 14.9. The smallest absolute Gasteiger partial charge is 0.243 e. The van der Waals surface area contributed by atoms with E-state index in [0.29, 0.717) is 5.56 Å². The summed E-state index contributed by atoms with van der Waals surface area (Å²) < 4.78 is 39.7. The number of aryl methyl sites for hydroxylation is 1. The number of nitrogens with one attached hydrogen (secondary N) is 1. The van der Waals surface area contributed by atoms with Gasteiger partial charge in [-0.25, -0.2) is 17.5 Å². The minimum absolute atomic E-state index is 0.151. The Kier molecular flexibility index (Phi) is 4.66. The number of hydrogen-bond acceptors (Lipinski definition) is 4. The first-order valence-corrected chi connectivity index (χ1v) is 6.95. The molecule has 0 saturated carbocycles. The van der Waals surface area contributed by atoms with E-state index in [-0.39, 0.29) is 18.7 Å². The quantitative estimate of drug-likeness (QED) is 0.692. The van der Waals surface area contributed by atoms with E-state index in [2.05, 4.69) is 4.72 Å². The predicted octanol–water partition coefficient (Wildman–Crippen LogP) is 0.766. The molecule has 1 unspecified atom stereocenters. The summed E-state index contributed by atoms with van der Waals surface area (Å²) in [5, 5.41) is 8.71. The fraction of sp³-hybridized carbons (Fsp3) is 0.455.